The van der Waals surface area contributed by atoms with Crippen molar-refractivity contribution in [3.8, 4) is 0 Å². The van der Waals surface area contributed by atoms with E-state index in [9.17, 15) is 28.8 Å². The highest BCUT2D eigenvalue weighted by molar-refractivity contribution is 7.98. The Morgan fingerprint density at radius 1 is 0.900 bits per heavy atom. The molecule has 0 aliphatic carbocycles. The van der Waals surface area contributed by atoms with Gasteiger partial charge in [0.25, 0.3) is 0 Å². The van der Waals surface area contributed by atoms with Gasteiger partial charge in [-0.15, -0.1) is 0 Å². The van der Waals surface area contributed by atoms with E-state index in [-0.39, 0.29) is 0 Å². The predicted molar refractivity (Wildman–Crippen MR) is 105 cm³/mol. The van der Waals surface area contributed by atoms with Gasteiger partial charge in [0.1, 0.15) is 12.1 Å². The summed E-state index contributed by atoms with van der Waals surface area (Å²) in [6.45, 7) is -0.573. The number of carbonyl (C=O) groups excluding carboxylic acids is 3. The molecule has 13 nitrogen and oxygen atoms in total. The van der Waals surface area contributed by atoms with E-state index in [1.54, 1.807) is 0 Å². The third-order valence-corrected chi connectivity index (χ3v) is 4.33. The first-order valence-electron chi connectivity index (χ1n) is 8.76. The van der Waals surface area contributed by atoms with Crippen LogP contribution in [0, 0.1) is 0 Å². The normalized spacial score (nSPS) is 13.4. The molecule has 0 aromatic heterocycles. The fourth-order valence-electron chi connectivity index (χ4n) is 2.10. The number of nitrogens with one attached hydrogen (secondary N) is 3. The van der Waals surface area contributed by atoms with Gasteiger partial charge in [0, 0.05) is 6.42 Å². The van der Waals surface area contributed by atoms with E-state index in [1.165, 1.54) is 11.8 Å². The molecule has 3 amide bonds. The smallest absolute Gasteiger partial charge is 0.326 e. The molecule has 14 heteroatoms. The molecule has 3 unspecified atom stereocenters. The first-order valence-corrected chi connectivity index (χ1v) is 10.2. The molecule has 170 valence electrons. The average Bonchev–Trinajstić information content (AvgIpc) is 2.65. The fraction of sp³-hybridized carbons (Fsp3) is 0.625. The number of thioether (sulfide) groups is 1. The summed E-state index contributed by atoms with van der Waals surface area (Å²) in [5.74, 6) is -6.22. The number of carboxylic acid groups (broad SMARTS) is 3. The van der Waals surface area contributed by atoms with Crippen molar-refractivity contribution in [2.75, 3.05) is 18.6 Å². The minimum Gasteiger partial charge on any atom is -0.481 e. The monoisotopic (exact) mass is 450 g/mol. The van der Waals surface area contributed by atoms with Gasteiger partial charge in [0.15, 0.2) is 0 Å². The van der Waals surface area contributed by atoms with Crippen molar-refractivity contribution in [2.45, 2.75) is 43.8 Å². The van der Waals surface area contributed by atoms with Crippen LogP contribution < -0.4 is 21.7 Å². The number of aliphatic carboxylic acids is 3. The quantitative estimate of drug-likeness (QED) is 0.139. The molecule has 0 fully saturated rings. The average molecular weight is 450 g/mol. The van der Waals surface area contributed by atoms with Crippen LogP contribution in [0.15, 0.2) is 0 Å². The molecule has 30 heavy (non-hydrogen) atoms. The first-order chi connectivity index (χ1) is 14.0. The van der Waals surface area contributed by atoms with Crippen molar-refractivity contribution in [1.82, 2.24) is 16.0 Å². The summed E-state index contributed by atoms with van der Waals surface area (Å²) in [6, 6.07) is -4.06. The SMILES string of the molecule is CSCCC(N)C(=O)NCC(=O)NC(CC(=O)O)C(=O)NC(CCC(=O)O)C(=O)O. The van der Waals surface area contributed by atoms with Gasteiger partial charge in [-0.1, -0.05) is 0 Å². The molecule has 0 saturated carbocycles. The molecule has 0 aliphatic heterocycles. The number of hydrogen-bond donors (Lipinski definition) is 7. The van der Waals surface area contributed by atoms with Gasteiger partial charge in [-0.3, -0.25) is 24.0 Å². The van der Waals surface area contributed by atoms with Gasteiger partial charge in [0.05, 0.1) is 19.0 Å². The molecule has 0 saturated heterocycles. The van der Waals surface area contributed by atoms with E-state index >= 15 is 0 Å². The van der Waals surface area contributed by atoms with E-state index in [1.807, 2.05) is 11.6 Å². The number of carbonyl (C=O) groups is 6. The summed E-state index contributed by atoms with van der Waals surface area (Å²) >= 11 is 1.49. The van der Waals surface area contributed by atoms with Gasteiger partial charge in [-0.25, -0.2) is 4.79 Å². The van der Waals surface area contributed by atoms with Crippen molar-refractivity contribution in [3.63, 3.8) is 0 Å². The van der Waals surface area contributed by atoms with E-state index in [0.29, 0.717) is 12.2 Å². The zero-order valence-electron chi connectivity index (χ0n) is 16.3. The Morgan fingerprint density at radius 3 is 2.03 bits per heavy atom. The van der Waals surface area contributed by atoms with Crippen LogP contribution in [0.4, 0.5) is 0 Å². The molecule has 0 rings (SSSR count). The van der Waals surface area contributed by atoms with Crippen molar-refractivity contribution in [3.05, 3.63) is 0 Å². The van der Waals surface area contributed by atoms with Crippen LogP contribution >= 0.6 is 11.8 Å². The molecule has 0 heterocycles. The van der Waals surface area contributed by atoms with Crippen molar-refractivity contribution < 1.29 is 44.1 Å². The lowest BCUT2D eigenvalue weighted by Crippen LogP contribution is -2.54. The number of nitrogens with two attached hydrogens (primary N) is 1. The third kappa shape index (κ3) is 11.9. The lowest BCUT2D eigenvalue weighted by atomic mass is 10.1. The summed E-state index contributed by atoms with van der Waals surface area (Å²) in [5, 5.41) is 33.0. The minimum atomic E-state index is -1.64. The largest absolute Gasteiger partial charge is 0.481 e. The topological polar surface area (TPSA) is 225 Å². The Bertz CT molecular complexity index is 659. The number of rotatable bonds is 15. The minimum absolute atomic E-state index is 0.381. The second-order valence-electron chi connectivity index (χ2n) is 6.16. The number of hydrogen-bond acceptors (Lipinski definition) is 8. The molecule has 0 aromatic rings. The molecule has 0 spiro atoms. The Hall–Kier alpha value is -2.87. The van der Waals surface area contributed by atoms with Gasteiger partial charge >= 0.3 is 17.9 Å². The van der Waals surface area contributed by atoms with E-state index in [0.717, 1.165) is 0 Å². The molecule has 8 N–H and O–H groups in total. The van der Waals surface area contributed by atoms with Gasteiger partial charge < -0.3 is 37.0 Å². The Morgan fingerprint density at radius 2 is 1.53 bits per heavy atom. The van der Waals surface area contributed by atoms with Crippen molar-refractivity contribution in [2.24, 2.45) is 5.73 Å². The van der Waals surface area contributed by atoms with Crippen LogP contribution in [-0.2, 0) is 28.8 Å². The van der Waals surface area contributed by atoms with Crippen LogP contribution in [0.5, 0.6) is 0 Å². The first kappa shape index (κ1) is 27.1. The third-order valence-electron chi connectivity index (χ3n) is 3.68. The highest BCUT2D eigenvalue weighted by Crippen LogP contribution is 2.02. The molecule has 0 bridgehead atoms. The van der Waals surface area contributed by atoms with Gasteiger partial charge in [-0.05, 0) is 24.9 Å². The standard InChI is InChI=1S/C16H26N4O9S/c1-30-5-4-8(17)14(26)18-7-11(21)19-10(6-13(24)25)15(27)20-9(16(28)29)2-3-12(22)23/h8-10H,2-7,17H2,1H3,(H,18,26)(H,19,21)(H,20,27)(H,22,23)(H,24,25)(H,28,29). The van der Waals surface area contributed by atoms with Gasteiger partial charge in [-0.2, -0.15) is 11.8 Å². The van der Waals surface area contributed by atoms with E-state index in [2.05, 4.69) is 10.6 Å². The van der Waals surface area contributed by atoms with Crippen LogP contribution in [-0.4, -0.2) is 87.6 Å². The summed E-state index contributed by atoms with van der Waals surface area (Å²) in [6.07, 6.45) is 0.377. The van der Waals surface area contributed by atoms with Crippen molar-refractivity contribution >= 4 is 47.4 Å². The molecule has 0 radical (unpaired) electrons. The molecule has 3 atom stereocenters. The molecular weight excluding hydrogens is 424 g/mol. The predicted octanol–water partition coefficient (Wildman–Crippen LogP) is -2.42. The Labute approximate surface area is 176 Å². The van der Waals surface area contributed by atoms with Crippen LogP contribution in [0.2, 0.25) is 0 Å². The van der Waals surface area contributed by atoms with Gasteiger partial charge in [0.2, 0.25) is 17.7 Å². The Kier molecular flexibility index (Phi) is 12.8. The zero-order chi connectivity index (χ0) is 23.3. The maximum atomic E-state index is 12.2. The zero-order valence-corrected chi connectivity index (χ0v) is 17.1. The fourth-order valence-corrected chi connectivity index (χ4v) is 2.59. The van der Waals surface area contributed by atoms with Crippen LogP contribution in [0.1, 0.15) is 25.7 Å². The maximum Gasteiger partial charge on any atom is 0.326 e. The highest BCUT2D eigenvalue weighted by Gasteiger charge is 2.28. The van der Waals surface area contributed by atoms with Crippen molar-refractivity contribution in [1.29, 1.82) is 0 Å². The lowest BCUT2D eigenvalue weighted by Gasteiger charge is -2.20. The molecule has 0 aliphatic rings. The number of amides is 3. The Balaban J connectivity index is 4.89. The molecule has 0 aromatic carbocycles. The second-order valence-corrected chi connectivity index (χ2v) is 7.14. The number of carboxylic acids is 3. The van der Waals surface area contributed by atoms with Crippen LogP contribution in [0.25, 0.3) is 0 Å². The maximum absolute atomic E-state index is 12.2. The summed E-state index contributed by atoms with van der Waals surface area (Å²) in [5.41, 5.74) is 5.64. The summed E-state index contributed by atoms with van der Waals surface area (Å²) in [7, 11) is 0. The summed E-state index contributed by atoms with van der Waals surface area (Å²) in [4.78, 5) is 68.7. The summed E-state index contributed by atoms with van der Waals surface area (Å²) < 4.78 is 0. The highest BCUT2D eigenvalue weighted by atomic mass is 32.2. The van der Waals surface area contributed by atoms with Crippen LogP contribution in [0.3, 0.4) is 0 Å². The second kappa shape index (κ2) is 14.2. The molecular formula is C16H26N4O9S. The lowest BCUT2D eigenvalue weighted by molar-refractivity contribution is -0.144. The van der Waals surface area contributed by atoms with E-state index in [4.69, 9.17) is 21.1 Å². The van der Waals surface area contributed by atoms with E-state index < -0.39 is 79.6 Å².